The van der Waals surface area contributed by atoms with Gasteiger partial charge in [-0.15, -0.1) is 0 Å². The predicted molar refractivity (Wildman–Crippen MR) is 53.4 cm³/mol. The number of piperidine rings is 1. The van der Waals surface area contributed by atoms with Crippen LogP contribution < -0.4 is 5.73 Å². The number of likely N-dealkylation sites (tertiary alicyclic amines) is 1. The highest BCUT2D eigenvalue weighted by Crippen LogP contribution is 2.33. The van der Waals surface area contributed by atoms with Crippen molar-refractivity contribution in [2.75, 3.05) is 26.2 Å². The van der Waals surface area contributed by atoms with Crippen LogP contribution in [-0.2, 0) is 0 Å². The maximum Gasteiger partial charge on any atom is 0.391 e. The van der Waals surface area contributed by atoms with Gasteiger partial charge in [0.1, 0.15) is 0 Å². The van der Waals surface area contributed by atoms with E-state index in [4.69, 9.17) is 5.73 Å². The fraction of sp³-hybridized carbons (Fsp3) is 0.800. The topological polar surface area (TPSA) is 29.3 Å². The SMILES string of the molecule is NCC=CCN1CCC(C(F)(F)F)CC1. The Morgan fingerprint density at radius 3 is 2.27 bits per heavy atom. The second kappa shape index (κ2) is 5.51. The van der Waals surface area contributed by atoms with E-state index in [0.717, 1.165) is 0 Å². The van der Waals surface area contributed by atoms with Crippen LogP contribution in [0, 0.1) is 5.92 Å². The lowest BCUT2D eigenvalue weighted by atomic mass is 9.96. The zero-order valence-electron chi connectivity index (χ0n) is 8.63. The molecule has 0 amide bonds. The largest absolute Gasteiger partial charge is 0.391 e. The molecular weight excluding hydrogens is 205 g/mol. The summed E-state index contributed by atoms with van der Waals surface area (Å²) < 4.78 is 37.0. The number of halogens is 3. The Morgan fingerprint density at radius 1 is 1.20 bits per heavy atom. The number of hydrogen-bond donors (Lipinski definition) is 1. The van der Waals surface area contributed by atoms with E-state index in [1.54, 1.807) is 0 Å². The summed E-state index contributed by atoms with van der Waals surface area (Å²) in [4.78, 5) is 2.02. The zero-order chi connectivity index (χ0) is 11.3. The molecule has 0 spiro atoms. The number of hydrogen-bond acceptors (Lipinski definition) is 2. The van der Waals surface area contributed by atoms with Crippen LogP contribution >= 0.6 is 0 Å². The number of rotatable bonds is 3. The van der Waals surface area contributed by atoms with Crippen LogP contribution in [-0.4, -0.2) is 37.3 Å². The summed E-state index contributed by atoms with van der Waals surface area (Å²) in [6.07, 6.45) is 0.170. The molecule has 0 aromatic rings. The highest BCUT2D eigenvalue weighted by atomic mass is 19.4. The molecule has 88 valence electrons. The van der Waals surface area contributed by atoms with Crippen LogP contribution in [0.15, 0.2) is 12.2 Å². The van der Waals surface area contributed by atoms with Crippen LogP contribution in [0.25, 0.3) is 0 Å². The third-order valence-corrected chi connectivity index (χ3v) is 2.72. The second-order valence-corrected chi connectivity index (χ2v) is 3.82. The van der Waals surface area contributed by atoms with Gasteiger partial charge >= 0.3 is 6.18 Å². The van der Waals surface area contributed by atoms with Crippen molar-refractivity contribution in [3.8, 4) is 0 Å². The van der Waals surface area contributed by atoms with Gasteiger partial charge in [-0.05, 0) is 25.9 Å². The maximum absolute atomic E-state index is 12.3. The average Bonchev–Trinajstić information content (AvgIpc) is 2.18. The first kappa shape index (κ1) is 12.5. The van der Waals surface area contributed by atoms with Gasteiger partial charge in [0.05, 0.1) is 5.92 Å². The minimum Gasteiger partial charge on any atom is -0.327 e. The quantitative estimate of drug-likeness (QED) is 0.737. The monoisotopic (exact) mass is 222 g/mol. The van der Waals surface area contributed by atoms with Gasteiger partial charge in [0.25, 0.3) is 0 Å². The van der Waals surface area contributed by atoms with Crippen molar-refractivity contribution in [3.05, 3.63) is 12.2 Å². The summed E-state index contributed by atoms with van der Waals surface area (Å²) in [5.41, 5.74) is 5.27. The van der Waals surface area contributed by atoms with E-state index in [0.29, 0.717) is 26.2 Å². The molecule has 0 atom stereocenters. The Balaban J connectivity index is 2.27. The molecule has 0 radical (unpaired) electrons. The summed E-state index contributed by atoms with van der Waals surface area (Å²) in [5, 5.41) is 0. The lowest BCUT2D eigenvalue weighted by molar-refractivity contribution is -0.184. The number of nitrogens with two attached hydrogens (primary N) is 1. The first-order chi connectivity index (χ1) is 7.04. The number of nitrogens with zero attached hydrogens (tertiary/aromatic N) is 1. The first-order valence-corrected chi connectivity index (χ1v) is 5.18. The maximum atomic E-state index is 12.3. The fourth-order valence-corrected chi connectivity index (χ4v) is 1.76. The second-order valence-electron chi connectivity index (χ2n) is 3.82. The highest BCUT2D eigenvalue weighted by molar-refractivity contribution is 4.87. The summed E-state index contributed by atoms with van der Waals surface area (Å²) >= 11 is 0. The standard InChI is InChI=1S/C10H17F3N2/c11-10(12,13)9-3-7-15(8-4-9)6-2-1-5-14/h1-2,9H,3-8,14H2. The molecule has 1 fully saturated rings. The molecular formula is C10H17F3N2. The average molecular weight is 222 g/mol. The summed E-state index contributed by atoms with van der Waals surface area (Å²) in [5.74, 6) is -1.10. The molecule has 5 heteroatoms. The zero-order valence-corrected chi connectivity index (χ0v) is 8.63. The molecule has 0 aromatic heterocycles. The van der Waals surface area contributed by atoms with Crippen molar-refractivity contribution < 1.29 is 13.2 Å². The van der Waals surface area contributed by atoms with Gasteiger partial charge in [-0.3, -0.25) is 4.90 Å². The third kappa shape index (κ3) is 4.22. The van der Waals surface area contributed by atoms with E-state index in [-0.39, 0.29) is 12.8 Å². The molecule has 0 aromatic carbocycles. The van der Waals surface area contributed by atoms with E-state index in [2.05, 4.69) is 0 Å². The van der Waals surface area contributed by atoms with Gasteiger partial charge < -0.3 is 5.73 Å². The van der Waals surface area contributed by atoms with E-state index in [1.165, 1.54) is 0 Å². The van der Waals surface area contributed by atoms with Crippen molar-refractivity contribution in [1.29, 1.82) is 0 Å². The Kier molecular flexibility index (Phi) is 4.60. The Hall–Kier alpha value is -0.550. The molecule has 0 unspecified atom stereocenters. The van der Waals surface area contributed by atoms with E-state index in [9.17, 15) is 13.2 Å². The lowest BCUT2D eigenvalue weighted by Crippen LogP contribution is -2.38. The molecule has 0 bridgehead atoms. The molecule has 1 aliphatic rings. The normalized spacial score (nSPS) is 21.3. The van der Waals surface area contributed by atoms with Crippen LogP contribution in [0.3, 0.4) is 0 Å². The fourth-order valence-electron chi connectivity index (χ4n) is 1.76. The smallest absolute Gasteiger partial charge is 0.327 e. The summed E-state index contributed by atoms with van der Waals surface area (Å²) in [6, 6.07) is 0. The Morgan fingerprint density at radius 2 is 1.80 bits per heavy atom. The van der Waals surface area contributed by atoms with E-state index in [1.807, 2.05) is 17.1 Å². The highest BCUT2D eigenvalue weighted by Gasteiger charge is 2.40. The van der Waals surface area contributed by atoms with Gasteiger partial charge in [-0.2, -0.15) is 13.2 Å². The molecule has 1 rings (SSSR count). The van der Waals surface area contributed by atoms with Crippen LogP contribution in [0.5, 0.6) is 0 Å². The van der Waals surface area contributed by atoms with Gasteiger partial charge in [0.15, 0.2) is 0 Å². The van der Waals surface area contributed by atoms with Gasteiger partial charge in [-0.25, -0.2) is 0 Å². The minimum atomic E-state index is -4.01. The van der Waals surface area contributed by atoms with Crippen LogP contribution in [0.1, 0.15) is 12.8 Å². The third-order valence-electron chi connectivity index (χ3n) is 2.72. The Bertz CT molecular complexity index is 205. The van der Waals surface area contributed by atoms with Crippen molar-refractivity contribution in [3.63, 3.8) is 0 Å². The molecule has 0 saturated carbocycles. The van der Waals surface area contributed by atoms with Gasteiger partial charge in [0, 0.05) is 13.1 Å². The molecule has 2 N–H and O–H groups in total. The van der Waals surface area contributed by atoms with E-state index < -0.39 is 12.1 Å². The van der Waals surface area contributed by atoms with Crippen molar-refractivity contribution in [2.24, 2.45) is 11.7 Å². The van der Waals surface area contributed by atoms with Crippen molar-refractivity contribution >= 4 is 0 Å². The van der Waals surface area contributed by atoms with Crippen LogP contribution in [0.4, 0.5) is 13.2 Å². The van der Waals surface area contributed by atoms with Crippen LogP contribution in [0.2, 0.25) is 0 Å². The van der Waals surface area contributed by atoms with Crippen molar-refractivity contribution in [2.45, 2.75) is 19.0 Å². The van der Waals surface area contributed by atoms with Crippen molar-refractivity contribution in [1.82, 2.24) is 4.90 Å². The molecule has 1 saturated heterocycles. The predicted octanol–water partition coefficient (Wildman–Crippen LogP) is 1.78. The molecule has 2 nitrogen and oxygen atoms in total. The summed E-state index contributed by atoms with van der Waals surface area (Å²) in [7, 11) is 0. The molecule has 15 heavy (non-hydrogen) atoms. The van der Waals surface area contributed by atoms with Gasteiger partial charge in [0.2, 0.25) is 0 Å². The molecule has 0 aliphatic carbocycles. The van der Waals surface area contributed by atoms with Gasteiger partial charge in [-0.1, -0.05) is 12.2 Å². The molecule has 1 heterocycles. The van der Waals surface area contributed by atoms with E-state index >= 15 is 0 Å². The minimum absolute atomic E-state index is 0.222. The number of alkyl halides is 3. The summed E-state index contributed by atoms with van der Waals surface area (Å²) in [6.45, 7) is 2.25. The molecule has 1 aliphatic heterocycles. The Labute approximate surface area is 87.9 Å². The first-order valence-electron chi connectivity index (χ1n) is 5.18. The lowest BCUT2D eigenvalue weighted by Gasteiger charge is -2.32.